The Labute approximate surface area is 120 Å². The molecule has 2 aromatic carbocycles. The zero-order chi connectivity index (χ0) is 14.4. The van der Waals surface area contributed by atoms with E-state index in [0.29, 0.717) is 0 Å². The maximum Gasteiger partial charge on any atom is 0.124 e. The summed E-state index contributed by atoms with van der Waals surface area (Å²) in [7, 11) is 0. The number of nitrogens with zero attached hydrogens (tertiary/aromatic N) is 2. The topological polar surface area (TPSA) is 35.8 Å². The van der Waals surface area contributed by atoms with Gasteiger partial charge in [-0.05, 0) is 29.9 Å². The van der Waals surface area contributed by atoms with Gasteiger partial charge < -0.3 is 10.0 Å². The van der Waals surface area contributed by atoms with Crippen molar-refractivity contribution in [1.82, 2.24) is 4.90 Å². The standard InChI is InChI=1S/C17H22N2O/c1-3-19(4-2)12-11-18-13-16-15-8-6-5-7-14(15)9-10-17(16)20/h5-10,13,20H,3-4,11-12H2,1-2H3. The lowest BCUT2D eigenvalue weighted by molar-refractivity contribution is 0.313. The third kappa shape index (κ3) is 3.36. The van der Waals surface area contributed by atoms with Crippen LogP contribution in [-0.4, -0.2) is 42.4 Å². The first kappa shape index (κ1) is 14.5. The van der Waals surface area contributed by atoms with Crippen LogP contribution in [0.2, 0.25) is 0 Å². The van der Waals surface area contributed by atoms with Crippen LogP contribution in [0.1, 0.15) is 19.4 Å². The largest absolute Gasteiger partial charge is 0.507 e. The molecule has 0 radical (unpaired) electrons. The maximum absolute atomic E-state index is 10.0. The Bertz CT molecular complexity index is 589. The molecule has 0 aromatic heterocycles. The third-order valence-electron chi connectivity index (χ3n) is 3.61. The number of likely N-dealkylation sites (N-methyl/N-ethyl adjacent to an activating group) is 1. The normalized spacial score (nSPS) is 11.8. The average molecular weight is 270 g/mol. The molecule has 0 atom stereocenters. The number of phenolic OH excluding ortho intramolecular Hbond substituents is 1. The summed E-state index contributed by atoms with van der Waals surface area (Å²) in [4.78, 5) is 6.80. The maximum atomic E-state index is 10.0. The minimum Gasteiger partial charge on any atom is -0.507 e. The fourth-order valence-electron chi connectivity index (χ4n) is 2.31. The molecule has 20 heavy (non-hydrogen) atoms. The fraction of sp³-hybridized carbons (Fsp3) is 0.353. The molecule has 0 spiro atoms. The summed E-state index contributed by atoms with van der Waals surface area (Å²) in [5.41, 5.74) is 0.808. The van der Waals surface area contributed by atoms with Crippen LogP contribution in [0, 0.1) is 0 Å². The van der Waals surface area contributed by atoms with Gasteiger partial charge in [0.1, 0.15) is 5.75 Å². The number of hydrogen-bond donors (Lipinski definition) is 1. The molecule has 3 nitrogen and oxygen atoms in total. The van der Waals surface area contributed by atoms with Crippen LogP contribution in [0.4, 0.5) is 0 Å². The molecule has 1 N–H and O–H groups in total. The highest BCUT2D eigenvalue weighted by atomic mass is 16.3. The van der Waals surface area contributed by atoms with E-state index in [1.165, 1.54) is 0 Å². The summed E-state index contributed by atoms with van der Waals surface area (Å²) >= 11 is 0. The molecule has 0 amide bonds. The lowest BCUT2D eigenvalue weighted by Crippen LogP contribution is -2.25. The predicted molar refractivity (Wildman–Crippen MR) is 85.9 cm³/mol. The zero-order valence-electron chi connectivity index (χ0n) is 12.2. The van der Waals surface area contributed by atoms with E-state index in [0.717, 1.165) is 42.5 Å². The average Bonchev–Trinajstić information content (AvgIpc) is 2.49. The second-order valence-corrected chi connectivity index (χ2v) is 4.78. The van der Waals surface area contributed by atoms with Gasteiger partial charge in [-0.3, -0.25) is 4.99 Å². The number of phenols is 1. The number of aromatic hydroxyl groups is 1. The molecular formula is C17H22N2O. The summed E-state index contributed by atoms with van der Waals surface area (Å²) < 4.78 is 0. The Hall–Kier alpha value is -1.87. The lowest BCUT2D eigenvalue weighted by atomic mass is 10.0. The highest BCUT2D eigenvalue weighted by Gasteiger charge is 2.04. The van der Waals surface area contributed by atoms with Gasteiger partial charge in [0.05, 0.1) is 6.54 Å². The van der Waals surface area contributed by atoms with E-state index in [2.05, 4.69) is 23.7 Å². The highest BCUT2D eigenvalue weighted by molar-refractivity contribution is 6.02. The van der Waals surface area contributed by atoms with Crippen molar-refractivity contribution in [3.63, 3.8) is 0 Å². The zero-order valence-corrected chi connectivity index (χ0v) is 12.2. The van der Waals surface area contributed by atoms with E-state index < -0.39 is 0 Å². The molecule has 0 aliphatic carbocycles. The number of fused-ring (bicyclic) bond motifs is 1. The molecule has 0 saturated carbocycles. The summed E-state index contributed by atoms with van der Waals surface area (Å²) in [6, 6.07) is 11.7. The first-order chi connectivity index (χ1) is 9.76. The van der Waals surface area contributed by atoms with Gasteiger partial charge in [0.2, 0.25) is 0 Å². The summed E-state index contributed by atoms with van der Waals surface area (Å²) in [5.74, 6) is 0.287. The molecule has 0 saturated heterocycles. The highest BCUT2D eigenvalue weighted by Crippen LogP contribution is 2.25. The summed E-state index contributed by atoms with van der Waals surface area (Å²) in [5, 5.41) is 12.2. The first-order valence-corrected chi connectivity index (χ1v) is 7.19. The SMILES string of the molecule is CCN(CC)CCN=Cc1c(O)ccc2ccccc12. The van der Waals surface area contributed by atoms with Crippen LogP contribution in [0.15, 0.2) is 41.4 Å². The second kappa shape index (κ2) is 7.06. The van der Waals surface area contributed by atoms with Gasteiger partial charge >= 0.3 is 0 Å². The van der Waals surface area contributed by atoms with Gasteiger partial charge in [-0.15, -0.1) is 0 Å². The summed E-state index contributed by atoms with van der Waals surface area (Å²) in [6.07, 6.45) is 1.79. The van der Waals surface area contributed by atoms with Crippen molar-refractivity contribution in [2.75, 3.05) is 26.2 Å². The number of aliphatic imine (C=N–C) groups is 1. The second-order valence-electron chi connectivity index (χ2n) is 4.78. The third-order valence-corrected chi connectivity index (χ3v) is 3.61. The molecule has 0 heterocycles. The van der Waals surface area contributed by atoms with Crippen molar-refractivity contribution in [3.8, 4) is 5.75 Å². The van der Waals surface area contributed by atoms with Crippen LogP contribution < -0.4 is 0 Å². The van der Waals surface area contributed by atoms with Crippen molar-refractivity contribution < 1.29 is 5.11 Å². The van der Waals surface area contributed by atoms with E-state index in [-0.39, 0.29) is 5.75 Å². The van der Waals surface area contributed by atoms with Crippen LogP contribution >= 0.6 is 0 Å². The van der Waals surface area contributed by atoms with E-state index in [1.54, 1.807) is 12.3 Å². The van der Waals surface area contributed by atoms with Crippen molar-refractivity contribution in [2.45, 2.75) is 13.8 Å². The van der Waals surface area contributed by atoms with Gasteiger partial charge in [-0.25, -0.2) is 0 Å². The van der Waals surface area contributed by atoms with Gasteiger partial charge in [-0.1, -0.05) is 44.2 Å². The Morgan fingerprint density at radius 1 is 1.10 bits per heavy atom. The summed E-state index contributed by atoms with van der Waals surface area (Å²) in [6.45, 7) is 8.12. The Kier molecular flexibility index (Phi) is 5.13. The Morgan fingerprint density at radius 2 is 1.85 bits per heavy atom. The van der Waals surface area contributed by atoms with Crippen molar-refractivity contribution in [3.05, 3.63) is 42.0 Å². The van der Waals surface area contributed by atoms with Gasteiger partial charge in [0, 0.05) is 18.3 Å². The Morgan fingerprint density at radius 3 is 2.60 bits per heavy atom. The molecule has 0 bridgehead atoms. The molecule has 0 fully saturated rings. The Balaban J connectivity index is 2.14. The fourth-order valence-corrected chi connectivity index (χ4v) is 2.31. The molecule has 0 aliphatic rings. The smallest absolute Gasteiger partial charge is 0.124 e. The van der Waals surface area contributed by atoms with E-state index in [9.17, 15) is 5.11 Å². The van der Waals surface area contributed by atoms with Crippen molar-refractivity contribution in [2.24, 2.45) is 4.99 Å². The van der Waals surface area contributed by atoms with Gasteiger partial charge in [-0.2, -0.15) is 0 Å². The first-order valence-electron chi connectivity index (χ1n) is 7.19. The molecular weight excluding hydrogens is 248 g/mol. The quantitative estimate of drug-likeness (QED) is 0.817. The van der Waals surface area contributed by atoms with E-state index in [1.807, 2.05) is 30.3 Å². The van der Waals surface area contributed by atoms with Crippen molar-refractivity contribution in [1.29, 1.82) is 0 Å². The van der Waals surface area contributed by atoms with Gasteiger partial charge in [0.15, 0.2) is 0 Å². The van der Waals surface area contributed by atoms with Gasteiger partial charge in [0.25, 0.3) is 0 Å². The van der Waals surface area contributed by atoms with Crippen LogP contribution in [0.5, 0.6) is 5.75 Å². The number of hydrogen-bond acceptors (Lipinski definition) is 3. The van der Waals surface area contributed by atoms with Crippen LogP contribution in [-0.2, 0) is 0 Å². The van der Waals surface area contributed by atoms with E-state index in [4.69, 9.17) is 0 Å². The monoisotopic (exact) mass is 270 g/mol. The molecule has 3 heteroatoms. The lowest BCUT2D eigenvalue weighted by Gasteiger charge is -2.15. The predicted octanol–water partition coefficient (Wildman–Crippen LogP) is 3.31. The van der Waals surface area contributed by atoms with E-state index >= 15 is 0 Å². The van der Waals surface area contributed by atoms with Crippen molar-refractivity contribution >= 4 is 17.0 Å². The van der Waals surface area contributed by atoms with Crippen LogP contribution in [0.25, 0.3) is 10.8 Å². The molecule has 2 aromatic rings. The molecule has 0 unspecified atom stereocenters. The minimum absolute atomic E-state index is 0.287. The molecule has 0 aliphatic heterocycles. The minimum atomic E-state index is 0.287. The molecule has 2 rings (SSSR count). The number of rotatable bonds is 6. The van der Waals surface area contributed by atoms with Crippen LogP contribution in [0.3, 0.4) is 0 Å². The molecule has 106 valence electrons. The number of benzene rings is 2.